The molecule has 2 rings (SSSR count). The van der Waals surface area contributed by atoms with Crippen molar-refractivity contribution in [3.63, 3.8) is 0 Å². The lowest BCUT2D eigenvalue weighted by atomic mass is 10.4. The number of ether oxygens (including phenoxy) is 1. The van der Waals surface area contributed by atoms with E-state index >= 15 is 0 Å². The average molecular weight is 235 g/mol. The summed E-state index contributed by atoms with van der Waals surface area (Å²) in [5, 5.41) is 6.68. The quantitative estimate of drug-likeness (QED) is 0.848. The van der Waals surface area contributed by atoms with Crippen LogP contribution in [0.4, 0.5) is 5.95 Å². The molecule has 0 spiro atoms. The zero-order valence-corrected chi connectivity index (χ0v) is 9.89. The summed E-state index contributed by atoms with van der Waals surface area (Å²) < 4.78 is 10.0. The second-order valence-corrected chi connectivity index (χ2v) is 3.46. The molecule has 0 radical (unpaired) electrons. The van der Waals surface area contributed by atoms with Gasteiger partial charge in [0.15, 0.2) is 5.82 Å². The Hall–Kier alpha value is -2.18. The molecule has 0 atom stereocenters. The van der Waals surface area contributed by atoms with Crippen LogP contribution in [0.15, 0.2) is 10.6 Å². The van der Waals surface area contributed by atoms with Gasteiger partial charge in [-0.3, -0.25) is 0 Å². The van der Waals surface area contributed by atoms with Gasteiger partial charge < -0.3 is 14.6 Å². The molecule has 0 aromatic carbocycles. The third-order valence-corrected chi connectivity index (χ3v) is 2.01. The van der Waals surface area contributed by atoms with Crippen LogP contribution < -0.4 is 10.1 Å². The average Bonchev–Trinajstić information content (AvgIpc) is 2.72. The van der Waals surface area contributed by atoms with E-state index in [1.54, 1.807) is 20.1 Å². The Balaban J connectivity index is 2.05. The van der Waals surface area contributed by atoms with Crippen molar-refractivity contribution in [3.8, 4) is 5.88 Å². The van der Waals surface area contributed by atoms with Gasteiger partial charge in [0.2, 0.25) is 17.7 Å². The summed E-state index contributed by atoms with van der Waals surface area (Å²) >= 11 is 0. The number of nitrogens with one attached hydrogen (secondary N) is 1. The van der Waals surface area contributed by atoms with Crippen molar-refractivity contribution in [1.82, 2.24) is 20.1 Å². The van der Waals surface area contributed by atoms with E-state index in [-0.39, 0.29) is 0 Å². The molecule has 2 aromatic rings. The maximum atomic E-state index is 5.05. The van der Waals surface area contributed by atoms with Crippen molar-refractivity contribution in [2.45, 2.75) is 20.4 Å². The molecule has 0 saturated carbocycles. The normalized spacial score (nSPS) is 10.3. The molecule has 7 heteroatoms. The first kappa shape index (κ1) is 11.3. The minimum Gasteiger partial charge on any atom is -0.481 e. The Labute approximate surface area is 98.2 Å². The van der Waals surface area contributed by atoms with Crippen LogP contribution in [0.1, 0.15) is 17.4 Å². The second-order valence-electron chi connectivity index (χ2n) is 3.46. The van der Waals surface area contributed by atoms with Gasteiger partial charge in [-0.15, -0.1) is 0 Å². The van der Waals surface area contributed by atoms with Crippen molar-refractivity contribution in [1.29, 1.82) is 0 Å². The summed E-state index contributed by atoms with van der Waals surface area (Å²) in [6, 6.07) is 1.75. The Morgan fingerprint density at radius 2 is 2.12 bits per heavy atom. The minimum absolute atomic E-state index is 0.382. The molecule has 0 amide bonds. The van der Waals surface area contributed by atoms with Crippen LogP contribution in [-0.2, 0) is 6.54 Å². The summed E-state index contributed by atoms with van der Waals surface area (Å²) in [6.07, 6.45) is 0. The molecule has 1 N–H and O–H groups in total. The highest BCUT2D eigenvalue weighted by atomic mass is 16.5. The van der Waals surface area contributed by atoms with Gasteiger partial charge in [-0.1, -0.05) is 5.16 Å². The van der Waals surface area contributed by atoms with Crippen LogP contribution >= 0.6 is 0 Å². The maximum absolute atomic E-state index is 5.05. The second kappa shape index (κ2) is 4.77. The lowest BCUT2D eigenvalue weighted by Gasteiger charge is -2.05. The predicted molar refractivity (Wildman–Crippen MR) is 59.7 cm³/mol. The first-order valence-electron chi connectivity index (χ1n) is 5.10. The highest BCUT2D eigenvalue weighted by Crippen LogP contribution is 2.11. The van der Waals surface area contributed by atoms with E-state index in [0.29, 0.717) is 30.1 Å². The van der Waals surface area contributed by atoms with Gasteiger partial charge in [-0.2, -0.15) is 9.97 Å². The number of methoxy groups -OCH3 is 1. The van der Waals surface area contributed by atoms with Crippen molar-refractivity contribution < 1.29 is 9.26 Å². The maximum Gasteiger partial charge on any atom is 0.246 e. The van der Waals surface area contributed by atoms with Crippen molar-refractivity contribution in [2.75, 3.05) is 12.4 Å². The van der Waals surface area contributed by atoms with Gasteiger partial charge in [-0.05, 0) is 13.8 Å². The summed E-state index contributed by atoms with van der Waals surface area (Å²) in [5.74, 6) is 2.08. The fourth-order valence-corrected chi connectivity index (χ4v) is 1.29. The molecular formula is C10H13N5O2. The number of nitrogens with zero attached hydrogens (tertiary/aromatic N) is 4. The summed E-state index contributed by atoms with van der Waals surface area (Å²) in [4.78, 5) is 12.4. The summed E-state index contributed by atoms with van der Waals surface area (Å²) in [5.41, 5.74) is 0.820. The number of aryl methyl sites for hydroxylation is 2. The molecule has 17 heavy (non-hydrogen) atoms. The molecule has 90 valence electrons. The van der Waals surface area contributed by atoms with Crippen LogP contribution in [0, 0.1) is 13.8 Å². The summed E-state index contributed by atoms with van der Waals surface area (Å²) in [6.45, 7) is 4.01. The lowest BCUT2D eigenvalue weighted by Crippen LogP contribution is -2.05. The van der Waals surface area contributed by atoms with Gasteiger partial charge in [0.25, 0.3) is 0 Å². The fraction of sp³-hybridized carbons (Fsp3) is 0.400. The van der Waals surface area contributed by atoms with Crippen LogP contribution in [0.25, 0.3) is 0 Å². The van der Waals surface area contributed by atoms with Crippen LogP contribution in [0.5, 0.6) is 5.88 Å². The molecule has 0 saturated heterocycles. The number of rotatable bonds is 4. The minimum atomic E-state index is 0.382. The zero-order chi connectivity index (χ0) is 12.3. The van der Waals surface area contributed by atoms with E-state index < -0.39 is 0 Å². The van der Waals surface area contributed by atoms with E-state index in [2.05, 4.69) is 25.4 Å². The number of aromatic nitrogens is 4. The first-order chi connectivity index (χ1) is 8.17. The highest BCUT2D eigenvalue weighted by Gasteiger charge is 2.05. The van der Waals surface area contributed by atoms with E-state index in [1.165, 1.54) is 0 Å². The molecule has 0 fully saturated rings. The standard InChI is InChI=1S/C10H13N5O2/c1-6-4-8(16-3)14-10(12-6)11-5-9-13-7(2)15-17-9/h4H,5H2,1-3H3,(H,11,12,14). The number of hydrogen-bond donors (Lipinski definition) is 1. The Morgan fingerprint density at radius 3 is 2.76 bits per heavy atom. The monoisotopic (exact) mass is 235 g/mol. The third kappa shape index (κ3) is 2.90. The van der Waals surface area contributed by atoms with E-state index in [0.717, 1.165) is 5.69 Å². The third-order valence-electron chi connectivity index (χ3n) is 2.01. The molecule has 0 unspecified atom stereocenters. The van der Waals surface area contributed by atoms with Crippen LogP contribution in [0.3, 0.4) is 0 Å². The van der Waals surface area contributed by atoms with Crippen molar-refractivity contribution >= 4 is 5.95 Å². The Morgan fingerprint density at radius 1 is 1.29 bits per heavy atom. The van der Waals surface area contributed by atoms with Crippen LogP contribution in [-0.4, -0.2) is 27.2 Å². The van der Waals surface area contributed by atoms with Gasteiger partial charge in [0.1, 0.15) is 0 Å². The molecular weight excluding hydrogens is 222 g/mol. The van der Waals surface area contributed by atoms with Gasteiger partial charge >= 0.3 is 0 Å². The lowest BCUT2D eigenvalue weighted by molar-refractivity contribution is 0.379. The van der Waals surface area contributed by atoms with E-state index in [9.17, 15) is 0 Å². The first-order valence-corrected chi connectivity index (χ1v) is 5.10. The highest BCUT2D eigenvalue weighted by molar-refractivity contribution is 5.30. The predicted octanol–water partition coefficient (Wildman–Crippen LogP) is 1.10. The number of hydrogen-bond acceptors (Lipinski definition) is 7. The van der Waals surface area contributed by atoms with Gasteiger partial charge in [-0.25, -0.2) is 4.98 Å². The van der Waals surface area contributed by atoms with Gasteiger partial charge in [0.05, 0.1) is 13.7 Å². The molecule has 0 aliphatic rings. The Kier molecular flexibility index (Phi) is 3.17. The molecule has 0 bridgehead atoms. The molecule has 7 nitrogen and oxygen atoms in total. The largest absolute Gasteiger partial charge is 0.481 e. The smallest absolute Gasteiger partial charge is 0.246 e. The zero-order valence-electron chi connectivity index (χ0n) is 9.89. The molecule has 2 aromatic heterocycles. The fourth-order valence-electron chi connectivity index (χ4n) is 1.29. The van der Waals surface area contributed by atoms with Crippen molar-refractivity contribution in [3.05, 3.63) is 23.5 Å². The number of anilines is 1. The molecule has 0 aliphatic carbocycles. The topological polar surface area (TPSA) is 86.0 Å². The summed E-state index contributed by atoms with van der Waals surface area (Å²) in [7, 11) is 1.56. The van der Waals surface area contributed by atoms with Crippen molar-refractivity contribution in [2.24, 2.45) is 0 Å². The Bertz CT molecular complexity index is 511. The van der Waals surface area contributed by atoms with Crippen LogP contribution in [0.2, 0.25) is 0 Å². The van der Waals surface area contributed by atoms with Gasteiger partial charge in [0, 0.05) is 11.8 Å². The van der Waals surface area contributed by atoms with E-state index in [1.807, 2.05) is 6.92 Å². The SMILES string of the molecule is COc1cc(C)nc(NCc2nc(C)no2)n1. The van der Waals surface area contributed by atoms with E-state index in [4.69, 9.17) is 9.26 Å². The molecule has 0 aliphatic heterocycles. The molecule has 2 heterocycles.